The Morgan fingerprint density at radius 1 is 1.55 bits per heavy atom. The highest BCUT2D eigenvalue weighted by Crippen LogP contribution is 2.16. The molecule has 0 aromatic heterocycles. The summed E-state index contributed by atoms with van der Waals surface area (Å²) in [6.07, 6.45) is 0. The monoisotopic (exact) mass is 261 g/mol. The molecule has 1 nitrogen and oxygen atoms in total. The van der Waals surface area contributed by atoms with E-state index in [-0.39, 0.29) is 5.82 Å². The van der Waals surface area contributed by atoms with Crippen molar-refractivity contribution >= 4 is 22.6 Å². The van der Waals surface area contributed by atoms with E-state index in [0.717, 1.165) is 0 Å². The predicted molar refractivity (Wildman–Crippen MR) is 48.6 cm³/mol. The minimum atomic E-state index is -0.232. The Hall–Kier alpha value is -0.630. The Morgan fingerprint density at radius 3 is 2.64 bits per heavy atom. The van der Waals surface area contributed by atoms with Crippen molar-refractivity contribution in [3.63, 3.8) is 0 Å². The van der Waals surface area contributed by atoms with Crippen molar-refractivity contribution in [1.29, 1.82) is 5.26 Å². The fourth-order valence-electron chi connectivity index (χ4n) is 0.791. The summed E-state index contributed by atoms with van der Waals surface area (Å²) in [6, 6.07) is 5.03. The highest BCUT2D eigenvalue weighted by Gasteiger charge is 2.03. The van der Waals surface area contributed by atoms with Crippen molar-refractivity contribution in [2.24, 2.45) is 0 Å². The van der Waals surface area contributed by atoms with Gasteiger partial charge in [-0.15, -0.1) is 0 Å². The topological polar surface area (TPSA) is 23.8 Å². The van der Waals surface area contributed by atoms with Gasteiger partial charge in [0, 0.05) is 0 Å². The Labute approximate surface area is 78.0 Å². The molecule has 0 bridgehead atoms. The molecule has 1 aromatic carbocycles. The van der Waals surface area contributed by atoms with Crippen molar-refractivity contribution in [3.8, 4) is 6.07 Å². The molecule has 0 atom stereocenters. The summed E-state index contributed by atoms with van der Waals surface area (Å²) in [5.74, 6) is -0.232. The minimum absolute atomic E-state index is 0.232. The smallest absolute Gasteiger partial charge is 0.139 e. The lowest BCUT2D eigenvalue weighted by Gasteiger charge is -1.98. The third-order valence-electron chi connectivity index (χ3n) is 1.34. The van der Waals surface area contributed by atoms with Gasteiger partial charge in [0.15, 0.2) is 0 Å². The molecule has 0 aliphatic rings. The average molecular weight is 261 g/mol. The second kappa shape index (κ2) is 3.18. The molecule has 0 radical (unpaired) electrons. The van der Waals surface area contributed by atoms with Crippen LogP contribution in [0, 0.1) is 27.6 Å². The molecule has 0 saturated heterocycles. The van der Waals surface area contributed by atoms with Crippen molar-refractivity contribution < 1.29 is 4.39 Å². The van der Waals surface area contributed by atoms with E-state index in [9.17, 15) is 4.39 Å². The van der Waals surface area contributed by atoms with E-state index in [1.54, 1.807) is 6.92 Å². The molecule has 1 aromatic rings. The molecule has 0 N–H and O–H groups in total. The average Bonchev–Trinajstić information content (AvgIpc) is 1.99. The largest absolute Gasteiger partial charge is 0.206 e. The van der Waals surface area contributed by atoms with Gasteiger partial charge in [-0.2, -0.15) is 5.26 Å². The van der Waals surface area contributed by atoms with Crippen LogP contribution in [0.1, 0.15) is 11.1 Å². The molecule has 1 rings (SSSR count). The van der Waals surface area contributed by atoms with E-state index in [0.29, 0.717) is 14.7 Å². The summed E-state index contributed by atoms with van der Waals surface area (Å²) in [7, 11) is 0. The van der Waals surface area contributed by atoms with Gasteiger partial charge in [-0.1, -0.05) is 0 Å². The Bertz CT molecular complexity index is 304. The lowest BCUT2D eigenvalue weighted by atomic mass is 10.1. The fourth-order valence-corrected chi connectivity index (χ4v) is 1.55. The molecule has 11 heavy (non-hydrogen) atoms. The van der Waals surface area contributed by atoms with E-state index in [2.05, 4.69) is 0 Å². The lowest BCUT2D eigenvalue weighted by molar-refractivity contribution is 0.611. The number of nitriles is 1. The zero-order valence-corrected chi connectivity index (χ0v) is 8.02. The Kier molecular flexibility index (Phi) is 2.45. The van der Waals surface area contributed by atoms with Crippen LogP contribution in [-0.4, -0.2) is 0 Å². The number of halogens is 2. The molecule has 0 fully saturated rings. The van der Waals surface area contributed by atoms with Crippen LogP contribution in [0.4, 0.5) is 4.39 Å². The van der Waals surface area contributed by atoms with Gasteiger partial charge in [-0.3, -0.25) is 0 Å². The number of hydrogen-bond acceptors (Lipinski definition) is 1. The van der Waals surface area contributed by atoms with E-state index in [1.165, 1.54) is 12.1 Å². The van der Waals surface area contributed by atoms with Crippen molar-refractivity contribution in [2.75, 3.05) is 0 Å². The minimum Gasteiger partial charge on any atom is -0.206 e. The van der Waals surface area contributed by atoms with Gasteiger partial charge in [0.05, 0.1) is 15.2 Å². The highest BCUT2D eigenvalue weighted by atomic mass is 127. The summed E-state index contributed by atoms with van der Waals surface area (Å²) >= 11 is 1.87. The van der Waals surface area contributed by atoms with Crippen LogP contribution in [0.15, 0.2) is 12.1 Å². The number of rotatable bonds is 0. The number of aryl methyl sites for hydroxylation is 1. The lowest BCUT2D eigenvalue weighted by Crippen LogP contribution is -1.88. The van der Waals surface area contributed by atoms with Gasteiger partial charge in [-0.05, 0) is 47.2 Å². The number of hydrogen-bond donors (Lipinski definition) is 0. The molecule has 0 spiro atoms. The SMILES string of the molecule is Cc1cc(C#N)cc(I)c1F. The first-order valence-corrected chi connectivity index (χ1v) is 4.09. The summed E-state index contributed by atoms with van der Waals surface area (Å²) < 4.78 is 13.4. The van der Waals surface area contributed by atoms with Crippen LogP contribution in [0.5, 0.6) is 0 Å². The fraction of sp³-hybridized carbons (Fsp3) is 0.125. The molecular formula is C8H5FIN. The first kappa shape index (κ1) is 8.47. The molecule has 0 aliphatic heterocycles. The maximum Gasteiger partial charge on any atom is 0.139 e. The summed E-state index contributed by atoms with van der Waals surface area (Å²) in [4.78, 5) is 0. The van der Waals surface area contributed by atoms with Crippen LogP contribution in [0.25, 0.3) is 0 Å². The molecular weight excluding hydrogens is 256 g/mol. The standard InChI is InChI=1S/C8H5FIN/c1-5-2-6(4-11)3-7(10)8(5)9/h2-3H,1H3. The molecule has 0 saturated carbocycles. The molecule has 56 valence electrons. The van der Waals surface area contributed by atoms with E-state index in [1.807, 2.05) is 28.7 Å². The number of benzene rings is 1. The van der Waals surface area contributed by atoms with E-state index >= 15 is 0 Å². The van der Waals surface area contributed by atoms with Crippen molar-refractivity contribution in [1.82, 2.24) is 0 Å². The molecule has 0 amide bonds. The second-order valence-corrected chi connectivity index (χ2v) is 3.36. The van der Waals surface area contributed by atoms with Gasteiger partial charge in [0.1, 0.15) is 5.82 Å². The molecule has 0 heterocycles. The molecule has 3 heteroatoms. The van der Waals surface area contributed by atoms with Gasteiger partial charge in [-0.25, -0.2) is 4.39 Å². The number of nitrogens with zero attached hydrogens (tertiary/aromatic N) is 1. The maximum absolute atomic E-state index is 12.9. The van der Waals surface area contributed by atoms with E-state index < -0.39 is 0 Å². The zero-order valence-electron chi connectivity index (χ0n) is 5.86. The van der Waals surface area contributed by atoms with Crippen LogP contribution < -0.4 is 0 Å². The first-order chi connectivity index (χ1) is 5.15. The Morgan fingerprint density at radius 2 is 2.18 bits per heavy atom. The molecule has 0 aliphatic carbocycles. The summed E-state index contributed by atoms with van der Waals surface area (Å²) in [5.41, 5.74) is 1.03. The second-order valence-electron chi connectivity index (χ2n) is 2.20. The van der Waals surface area contributed by atoms with Crippen LogP contribution >= 0.6 is 22.6 Å². The first-order valence-electron chi connectivity index (χ1n) is 3.01. The van der Waals surface area contributed by atoms with Crippen molar-refractivity contribution in [3.05, 3.63) is 32.6 Å². The summed E-state index contributed by atoms with van der Waals surface area (Å²) in [6.45, 7) is 1.65. The van der Waals surface area contributed by atoms with Gasteiger partial charge >= 0.3 is 0 Å². The predicted octanol–water partition coefficient (Wildman–Crippen LogP) is 2.61. The van der Waals surface area contributed by atoms with E-state index in [4.69, 9.17) is 5.26 Å². The van der Waals surface area contributed by atoms with Gasteiger partial charge in [0.2, 0.25) is 0 Å². The quantitative estimate of drug-likeness (QED) is 0.658. The molecule has 0 unspecified atom stereocenters. The van der Waals surface area contributed by atoms with Crippen LogP contribution in [-0.2, 0) is 0 Å². The highest BCUT2D eigenvalue weighted by molar-refractivity contribution is 14.1. The zero-order chi connectivity index (χ0) is 8.43. The summed E-state index contributed by atoms with van der Waals surface area (Å²) in [5, 5.41) is 8.50. The van der Waals surface area contributed by atoms with Gasteiger partial charge < -0.3 is 0 Å². The van der Waals surface area contributed by atoms with Crippen molar-refractivity contribution in [2.45, 2.75) is 6.92 Å². The van der Waals surface area contributed by atoms with Crippen LogP contribution in [0.2, 0.25) is 0 Å². The third-order valence-corrected chi connectivity index (χ3v) is 2.12. The Balaban J connectivity index is 3.35. The third kappa shape index (κ3) is 1.69. The normalized spacial score (nSPS) is 9.27. The maximum atomic E-state index is 12.9. The van der Waals surface area contributed by atoms with Gasteiger partial charge in [0.25, 0.3) is 0 Å². The van der Waals surface area contributed by atoms with Crippen LogP contribution in [0.3, 0.4) is 0 Å².